The number of benzene rings is 2. The van der Waals surface area contributed by atoms with Gasteiger partial charge < -0.3 is 16.0 Å². The molecule has 0 bridgehead atoms. The number of rotatable bonds is 5. The summed E-state index contributed by atoms with van der Waals surface area (Å²) in [5, 5.41) is 14.2. The summed E-state index contributed by atoms with van der Waals surface area (Å²) in [7, 11) is 1.95. The van der Waals surface area contributed by atoms with Crippen molar-refractivity contribution < 1.29 is 8.78 Å². The molecule has 0 amide bonds. The second kappa shape index (κ2) is 7.65. The Morgan fingerprint density at radius 2 is 1.89 bits per heavy atom. The number of nitrogens with zero attached hydrogens (tertiary/aromatic N) is 3. The Kier molecular flexibility index (Phi) is 5.06. The largest absolute Gasteiger partial charge is 0.323 e. The SMILES string of the molecule is CNC1CC(c2cc(C)cc(Nc3ncn(-c4cc(F)cc(F)c4)n3)c2)CN1. The molecule has 0 radical (unpaired) electrons. The van der Waals surface area contributed by atoms with Crippen LogP contribution in [0.4, 0.5) is 20.4 Å². The van der Waals surface area contributed by atoms with E-state index < -0.39 is 11.6 Å². The molecule has 28 heavy (non-hydrogen) atoms. The molecule has 4 rings (SSSR count). The number of hydrogen-bond acceptors (Lipinski definition) is 5. The maximum atomic E-state index is 13.4. The minimum absolute atomic E-state index is 0.276. The summed E-state index contributed by atoms with van der Waals surface area (Å²) in [6.07, 6.45) is 2.77. The molecule has 0 aliphatic carbocycles. The van der Waals surface area contributed by atoms with E-state index in [1.165, 1.54) is 28.7 Å². The van der Waals surface area contributed by atoms with E-state index in [2.05, 4.69) is 38.2 Å². The molecule has 8 heteroatoms. The summed E-state index contributed by atoms with van der Waals surface area (Å²) in [4.78, 5) is 4.20. The fourth-order valence-electron chi connectivity index (χ4n) is 3.58. The summed E-state index contributed by atoms with van der Waals surface area (Å²) in [6.45, 7) is 2.97. The van der Waals surface area contributed by atoms with E-state index in [1.807, 2.05) is 20.0 Å². The lowest BCUT2D eigenvalue weighted by molar-refractivity contribution is 0.526. The van der Waals surface area contributed by atoms with Crippen LogP contribution in [0.25, 0.3) is 5.69 Å². The van der Waals surface area contributed by atoms with Crippen LogP contribution in [-0.4, -0.2) is 34.5 Å². The van der Waals surface area contributed by atoms with Gasteiger partial charge in [0.2, 0.25) is 5.95 Å². The molecule has 0 saturated carbocycles. The van der Waals surface area contributed by atoms with E-state index in [1.54, 1.807) is 0 Å². The van der Waals surface area contributed by atoms with Crippen LogP contribution < -0.4 is 16.0 Å². The third-order valence-corrected chi connectivity index (χ3v) is 4.91. The average Bonchev–Trinajstić information content (AvgIpc) is 3.29. The Morgan fingerprint density at radius 1 is 1.11 bits per heavy atom. The molecule has 2 heterocycles. The number of hydrogen-bond donors (Lipinski definition) is 3. The second-order valence-electron chi connectivity index (χ2n) is 7.08. The Morgan fingerprint density at radius 3 is 2.61 bits per heavy atom. The minimum Gasteiger partial charge on any atom is -0.323 e. The van der Waals surface area contributed by atoms with Gasteiger partial charge in [0.15, 0.2) is 0 Å². The molecule has 2 unspecified atom stereocenters. The molecule has 1 fully saturated rings. The summed E-state index contributed by atoms with van der Waals surface area (Å²) in [5.74, 6) is -0.528. The third kappa shape index (κ3) is 4.02. The lowest BCUT2D eigenvalue weighted by Crippen LogP contribution is -2.34. The number of nitrogens with one attached hydrogen (secondary N) is 3. The monoisotopic (exact) mass is 384 g/mol. The van der Waals surface area contributed by atoms with Crippen molar-refractivity contribution in [3.8, 4) is 5.69 Å². The summed E-state index contributed by atoms with van der Waals surface area (Å²) < 4.78 is 28.2. The fourth-order valence-corrected chi connectivity index (χ4v) is 3.58. The lowest BCUT2D eigenvalue weighted by atomic mass is 9.95. The lowest BCUT2D eigenvalue weighted by Gasteiger charge is -2.13. The van der Waals surface area contributed by atoms with Crippen LogP contribution in [0, 0.1) is 18.6 Å². The number of anilines is 2. The number of aromatic nitrogens is 3. The molecule has 2 atom stereocenters. The summed E-state index contributed by atoms with van der Waals surface area (Å²) in [5.41, 5.74) is 3.54. The van der Waals surface area contributed by atoms with Crippen molar-refractivity contribution in [2.24, 2.45) is 0 Å². The third-order valence-electron chi connectivity index (χ3n) is 4.91. The molecule has 0 spiro atoms. The smallest absolute Gasteiger partial charge is 0.246 e. The summed E-state index contributed by atoms with van der Waals surface area (Å²) in [6, 6.07) is 9.54. The zero-order chi connectivity index (χ0) is 19.7. The normalized spacial score (nSPS) is 19.1. The van der Waals surface area contributed by atoms with Crippen LogP contribution in [0.3, 0.4) is 0 Å². The molecule has 3 N–H and O–H groups in total. The van der Waals surface area contributed by atoms with Gasteiger partial charge in [-0.15, -0.1) is 5.10 Å². The van der Waals surface area contributed by atoms with E-state index in [0.717, 1.165) is 30.3 Å². The minimum atomic E-state index is -0.659. The highest BCUT2D eigenvalue weighted by Gasteiger charge is 2.24. The van der Waals surface area contributed by atoms with Crippen molar-refractivity contribution in [1.29, 1.82) is 0 Å². The van der Waals surface area contributed by atoms with E-state index in [9.17, 15) is 8.78 Å². The van der Waals surface area contributed by atoms with Gasteiger partial charge >= 0.3 is 0 Å². The molecular weight excluding hydrogens is 362 g/mol. The molecule has 1 aliphatic heterocycles. The standard InChI is InChI=1S/C20H22F2N6/c1-12-3-13(14-6-19(23-2)24-10-14)5-17(4-12)26-20-25-11-28(27-20)18-8-15(21)7-16(22)9-18/h3-5,7-9,11,14,19,23-24H,6,10H2,1-2H3,(H,26,27). The van der Waals surface area contributed by atoms with Gasteiger partial charge in [0.05, 0.1) is 11.9 Å². The zero-order valence-corrected chi connectivity index (χ0v) is 15.7. The molecule has 3 aromatic rings. The van der Waals surface area contributed by atoms with Gasteiger partial charge in [-0.2, -0.15) is 4.98 Å². The second-order valence-corrected chi connectivity index (χ2v) is 7.08. The van der Waals surface area contributed by atoms with Crippen molar-refractivity contribution in [2.75, 3.05) is 18.9 Å². The highest BCUT2D eigenvalue weighted by molar-refractivity contribution is 5.56. The molecule has 1 aliphatic rings. The Labute approximate surface area is 162 Å². The van der Waals surface area contributed by atoms with Crippen molar-refractivity contribution >= 4 is 11.6 Å². The Bertz CT molecular complexity index is 966. The van der Waals surface area contributed by atoms with Crippen LogP contribution in [-0.2, 0) is 0 Å². The average molecular weight is 384 g/mol. The van der Waals surface area contributed by atoms with Gasteiger partial charge in [-0.3, -0.25) is 0 Å². The maximum absolute atomic E-state index is 13.4. The van der Waals surface area contributed by atoms with Crippen molar-refractivity contribution in [3.63, 3.8) is 0 Å². The van der Waals surface area contributed by atoms with E-state index in [-0.39, 0.29) is 5.69 Å². The van der Waals surface area contributed by atoms with Gasteiger partial charge in [0, 0.05) is 18.3 Å². The van der Waals surface area contributed by atoms with Gasteiger partial charge in [-0.1, -0.05) is 6.07 Å². The van der Waals surface area contributed by atoms with Gasteiger partial charge in [0.1, 0.15) is 18.0 Å². The van der Waals surface area contributed by atoms with Gasteiger partial charge in [-0.25, -0.2) is 13.5 Å². The Hall–Kier alpha value is -2.84. The summed E-state index contributed by atoms with van der Waals surface area (Å²) >= 11 is 0. The molecule has 1 saturated heterocycles. The Balaban J connectivity index is 1.54. The maximum Gasteiger partial charge on any atom is 0.246 e. The van der Waals surface area contributed by atoms with E-state index in [0.29, 0.717) is 18.0 Å². The first-order valence-electron chi connectivity index (χ1n) is 9.17. The van der Waals surface area contributed by atoms with Crippen LogP contribution in [0.15, 0.2) is 42.7 Å². The molecule has 6 nitrogen and oxygen atoms in total. The van der Waals surface area contributed by atoms with Crippen molar-refractivity contribution in [3.05, 3.63) is 65.5 Å². The zero-order valence-electron chi connectivity index (χ0n) is 15.7. The predicted molar refractivity (Wildman–Crippen MR) is 104 cm³/mol. The first-order chi connectivity index (χ1) is 13.5. The van der Waals surface area contributed by atoms with Crippen LogP contribution in [0.5, 0.6) is 0 Å². The van der Waals surface area contributed by atoms with Crippen LogP contribution in [0.2, 0.25) is 0 Å². The van der Waals surface area contributed by atoms with E-state index in [4.69, 9.17) is 0 Å². The topological polar surface area (TPSA) is 66.8 Å². The van der Waals surface area contributed by atoms with Gasteiger partial charge in [0.25, 0.3) is 0 Å². The van der Waals surface area contributed by atoms with Crippen LogP contribution in [0.1, 0.15) is 23.5 Å². The van der Waals surface area contributed by atoms with Crippen molar-refractivity contribution in [1.82, 2.24) is 25.4 Å². The van der Waals surface area contributed by atoms with Gasteiger partial charge in [-0.05, 0) is 61.7 Å². The first kappa shape index (κ1) is 18.5. The number of aryl methyl sites for hydroxylation is 1. The quantitative estimate of drug-likeness (QED) is 0.630. The number of halogens is 2. The molecule has 2 aromatic carbocycles. The molecule has 1 aromatic heterocycles. The highest BCUT2D eigenvalue weighted by Crippen LogP contribution is 2.29. The highest BCUT2D eigenvalue weighted by atomic mass is 19.1. The van der Waals surface area contributed by atoms with Crippen molar-refractivity contribution in [2.45, 2.75) is 25.4 Å². The van der Waals surface area contributed by atoms with Crippen LogP contribution >= 0.6 is 0 Å². The fraction of sp³-hybridized carbons (Fsp3) is 0.300. The predicted octanol–water partition coefficient (Wildman–Crippen LogP) is 3.22. The van der Waals surface area contributed by atoms with E-state index >= 15 is 0 Å². The first-order valence-corrected chi connectivity index (χ1v) is 9.17. The molecular formula is C20H22F2N6. The molecule has 146 valence electrons.